The van der Waals surface area contributed by atoms with Crippen LogP contribution in [-0.2, 0) is 16.0 Å². The zero-order chi connectivity index (χ0) is 19.1. The summed E-state index contributed by atoms with van der Waals surface area (Å²) < 4.78 is 5.40. The highest BCUT2D eigenvalue weighted by atomic mass is 16.5. The van der Waals surface area contributed by atoms with Gasteiger partial charge in [-0.2, -0.15) is 0 Å². The second kappa shape index (κ2) is 8.75. The molecule has 1 saturated heterocycles. The van der Waals surface area contributed by atoms with E-state index in [-0.39, 0.29) is 11.9 Å². The van der Waals surface area contributed by atoms with Crippen LogP contribution in [0.15, 0.2) is 48.9 Å². The van der Waals surface area contributed by atoms with Crippen LogP contribution in [0.2, 0.25) is 0 Å². The fourth-order valence-electron chi connectivity index (χ4n) is 3.66. The number of aromatic nitrogens is 2. The molecule has 0 bridgehead atoms. The van der Waals surface area contributed by atoms with Gasteiger partial charge in [0.15, 0.2) is 0 Å². The third-order valence-electron chi connectivity index (χ3n) is 5.09. The maximum absolute atomic E-state index is 12.9. The normalized spacial score (nSPS) is 19.5. The number of carbonyl (C=O) groups excluding carboxylic acids is 2. The topological polar surface area (TPSA) is 72.4 Å². The van der Waals surface area contributed by atoms with Crippen LogP contribution in [0.1, 0.15) is 42.2 Å². The van der Waals surface area contributed by atoms with Gasteiger partial charge in [0.25, 0.3) is 5.91 Å². The second-order valence-electron chi connectivity index (χ2n) is 6.91. The molecule has 6 heteroatoms. The molecular weight excluding hydrogens is 342 g/mol. The van der Waals surface area contributed by atoms with Crippen molar-refractivity contribution in [2.75, 3.05) is 19.7 Å². The molecule has 1 aromatic heterocycles. The predicted octanol–water partition coefficient (Wildman–Crippen LogP) is 2.89. The van der Waals surface area contributed by atoms with Crippen LogP contribution in [0.4, 0.5) is 0 Å². The van der Waals surface area contributed by atoms with Gasteiger partial charge in [0.1, 0.15) is 5.69 Å². The van der Waals surface area contributed by atoms with Crippen molar-refractivity contribution in [3.05, 3.63) is 60.2 Å². The number of carbonyl (C=O) groups is 2. The Morgan fingerprint density at radius 1 is 1.22 bits per heavy atom. The Morgan fingerprint density at radius 3 is 2.74 bits per heavy atom. The highest BCUT2D eigenvalue weighted by molar-refractivity contribution is 5.92. The molecule has 0 unspecified atom stereocenters. The van der Waals surface area contributed by atoms with E-state index in [9.17, 15) is 9.59 Å². The van der Waals surface area contributed by atoms with Crippen LogP contribution < -0.4 is 0 Å². The molecule has 27 heavy (non-hydrogen) atoms. The molecule has 142 valence electrons. The van der Waals surface area contributed by atoms with Gasteiger partial charge < -0.3 is 9.64 Å². The van der Waals surface area contributed by atoms with Gasteiger partial charge in [0, 0.05) is 25.5 Å². The van der Waals surface area contributed by atoms with E-state index in [1.165, 1.54) is 24.2 Å². The summed E-state index contributed by atoms with van der Waals surface area (Å²) in [4.78, 5) is 35.5. The number of likely N-dealkylation sites (tertiary alicyclic amines) is 1. The highest BCUT2D eigenvalue weighted by Crippen LogP contribution is 2.36. The number of amides is 1. The summed E-state index contributed by atoms with van der Waals surface area (Å²) in [5.74, 6) is -0.395. The fourth-order valence-corrected chi connectivity index (χ4v) is 3.66. The van der Waals surface area contributed by atoms with E-state index in [4.69, 9.17) is 4.74 Å². The summed E-state index contributed by atoms with van der Waals surface area (Å²) in [6.07, 6.45) is 7.42. The fraction of sp³-hybridized carbons (Fsp3) is 0.429. The monoisotopic (exact) mass is 367 g/mol. The van der Waals surface area contributed by atoms with Crippen LogP contribution in [0.25, 0.3) is 0 Å². The first-order valence-electron chi connectivity index (χ1n) is 9.41. The molecule has 0 aliphatic carbocycles. The van der Waals surface area contributed by atoms with Gasteiger partial charge >= 0.3 is 5.97 Å². The Kier molecular flexibility index (Phi) is 6.16. The van der Waals surface area contributed by atoms with Gasteiger partial charge in [0.05, 0.1) is 18.2 Å². The van der Waals surface area contributed by atoms with Gasteiger partial charge in [-0.05, 0) is 38.2 Å². The largest absolute Gasteiger partial charge is 0.466 e. The third kappa shape index (κ3) is 4.51. The molecule has 2 aromatic rings. The minimum absolute atomic E-state index is 0.184. The molecule has 6 nitrogen and oxygen atoms in total. The number of ether oxygens (including phenoxy) is 1. The van der Waals surface area contributed by atoms with E-state index < -0.39 is 5.41 Å². The van der Waals surface area contributed by atoms with Crippen molar-refractivity contribution in [1.29, 1.82) is 0 Å². The van der Waals surface area contributed by atoms with Crippen LogP contribution in [0.5, 0.6) is 0 Å². The van der Waals surface area contributed by atoms with E-state index in [1.54, 1.807) is 4.90 Å². The van der Waals surface area contributed by atoms with E-state index in [1.807, 2.05) is 25.1 Å². The summed E-state index contributed by atoms with van der Waals surface area (Å²) in [5.41, 5.74) is 0.806. The minimum atomic E-state index is -0.679. The number of aryl methyl sites for hydroxylation is 1. The minimum Gasteiger partial charge on any atom is -0.466 e. The average molecular weight is 367 g/mol. The molecule has 0 spiro atoms. The molecule has 1 amide bonds. The first kappa shape index (κ1) is 19.0. The summed E-state index contributed by atoms with van der Waals surface area (Å²) in [6.45, 7) is 3.12. The van der Waals surface area contributed by atoms with E-state index >= 15 is 0 Å². The Bertz CT molecular complexity index is 767. The van der Waals surface area contributed by atoms with Crippen molar-refractivity contribution in [2.24, 2.45) is 5.41 Å². The molecule has 2 heterocycles. The second-order valence-corrected chi connectivity index (χ2v) is 6.91. The molecule has 1 aliphatic heterocycles. The summed E-state index contributed by atoms with van der Waals surface area (Å²) in [7, 11) is 0. The van der Waals surface area contributed by atoms with Gasteiger partial charge in [-0.25, -0.2) is 4.98 Å². The third-order valence-corrected chi connectivity index (χ3v) is 5.09. The number of piperidine rings is 1. The Labute approximate surface area is 159 Å². The average Bonchev–Trinajstić information content (AvgIpc) is 2.73. The smallest absolute Gasteiger partial charge is 0.313 e. The molecule has 3 rings (SSSR count). The number of hydrogen-bond acceptors (Lipinski definition) is 5. The standard InChI is InChI=1S/C21H25N3O3/c1-2-27-20(26)21(11-9-17-7-4-3-5-8-17)10-6-14-24(16-21)19(25)18-15-22-12-13-23-18/h3-5,7-8,12-13,15H,2,6,9-11,14,16H2,1H3/t21-/m0/s1. The maximum Gasteiger partial charge on any atom is 0.313 e. The van der Waals surface area contributed by atoms with Crippen LogP contribution in [0, 0.1) is 5.41 Å². The van der Waals surface area contributed by atoms with Crippen LogP contribution in [-0.4, -0.2) is 46.4 Å². The zero-order valence-corrected chi connectivity index (χ0v) is 15.6. The van der Waals surface area contributed by atoms with Crippen molar-refractivity contribution in [1.82, 2.24) is 14.9 Å². The lowest BCUT2D eigenvalue weighted by molar-refractivity contribution is -0.159. The molecule has 0 saturated carbocycles. The van der Waals surface area contributed by atoms with Gasteiger partial charge in [0.2, 0.25) is 0 Å². The van der Waals surface area contributed by atoms with E-state index in [2.05, 4.69) is 22.1 Å². The lowest BCUT2D eigenvalue weighted by atomic mass is 9.75. The molecule has 0 radical (unpaired) electrons. The number of nitrogens with zero attached hydrogens (tertiary/aromatic N) is 3. The SMILES string of the molecule is CCOC(=O)[C@]1(CCc2ccccc2)CCCN(C(=O)c2cnccn2)C1. The van der Waals surface area contributed by atoms with Crippen molar-refractivity contribution >= 4 is 11.9 Å². The Morgan fingerprint density at radius 2 is 2.04 bits per heavy atom. The summed E-state index contributed by atoms with van der Waals surface area (Å²) in [5, 5.41) is 0. The number of rotatable bonds is 6. The number of benzene rings is 1. The zero-order valence-electron chi connectivity index (χ0n) is 15.6. The Balaban J connectivity index is 1.79. The molecule has 0 N–H and O–H groups in total. The maximum atomic E-state index is 12.9. The molecule has 1 aliphatic rings. The quantitative estimate of drug-likeness (QED) is 0.734. The van der Waals surface area contributed by atoms with Crippen LogP contribution >= 0.6 is 0 Å². The molecule has 1 aromatic carbocycles. The molecule has 1 atom stereocenters. The number of hydrogen-bond donors (Lipinski definition) is 0. The van der Waals surface area contributed by atoms with Gasteiger partial charge in [-0.3, -0.25) is 14.6 Å². The first-order valence-corrected chi connectivity index (χ1v) is 9.41. The van der Waals surface area contributed by atoms with Crippen molar-refractivity contribution < 1.29 is 14.3 Å². The lowest BCUT2D eigenvalue weighted by Crippen LogP contribution is -2.51. The van der Waals surface area contributed by atoms with Crippen molar-refractivity contribution in [3.63, 3.8) is 0 Å². The predicted molar refractivity (Wildman–Crippen MR) is 101 cm³/mol. The van der Waals surface area contributed by atoms with Crippen LogP contribution in [0.3, 0.4) is 0 Å². The highest BCUT2D eigenvalue weighted by Gasteiger charge is 2.44. The summed E-state index contributed by atoms with van der Waals surface area (Å²) >= 11 is 0. The van der Waals surface area contributed by atoms with Crippen molar-refractivity contribution in [3.8, 4) is 0 Å². The lowest BCUT2D eigenvalue weighted by Gasteiger charge is -2.41. The van der Waals surface area contributed by atoms with Gasteiger partial charge in [-0.1, -0.05) is 30.3 Å². The molecule has 1 fully saturated rings. The Hall–Kier alpha value is -2.76. The summed E-state index contributed by atoms with van der Waals surface area (Å²) in [6, 6.07) is 10.1. The molecular formula is C21H25N3O3. The first-order chi connectivity index (χ1) is 13.1. The van der Waals surface area contributed by atoms with Gasteiger partial charge in [-0.15, -0.1) is 0 Å². The van der Waals surface area contributed by atoms with Crippen molar-refractivity contribution in [2.45, 2.75) is 32.6 Å². The van der Waals surface area contributed by atoms with E-state index in [0.29, 0.717) is 31.8 Å². The number of esters is 1. The van der Waals surface area contributed by atoms with E-state index in [0.717, 1.165) is 19.3 Å².